The Morgan fingerprint density at radius 3 is 2.32 bits per heavy atom. The number of nitrogens with zero attached hydrogens (tertiary/aromatic N) is 1. The zero-order valence-electron chi connectivity index (χ0n) is 17.4. The Kier molecular flexibility index (Phi) is 7.92. The van der Waals surface area contributed by atoms with Crippen LogP contribution in [0.15, 0.2) is 18.3 Å². The highest BCUT2D eigenvalue weighted by Crippen LogP contribution is 2.14. The van der Waals surface area contributed by atoms with Gasteiger partial charge in [0.1, 0.15) is 23.1 Å². The average Bonchev–Trinajstić information content (AvgIpc) is 2.58. The van der Waals surface area contributed by atoms with E-state index in [0.29, 0.717) is 5.56 Å². The maximum Gasteiger partial charge on any atom is 0.413 e. The van der Waals surface area contributed by atoms with E-state index in [1.54, 1.807) is 46.8 Å². The number of anilines is 1. The average molecular weight is 395 g/mol. The Morgan fingerprint density at radius 1 is 1.14 bits per heavy atom. The van der Waals surface area contributed by atoms with Gasteiger partial charge in [0.15, 0.2) is 0 Å². The molecule has 1 aromatic rings. The fraction of sp³-hybridized carbons (Fsp3) is 0.579. The Morgan fingerprint density at radius 2 is 1.79 bits per heavy atom. The fourth-order valence-corrected chi connectivity index (χ4v) is 2.07. The number of nitrogens with one attached hydrogen (secondary N) is 2. The molecule has 0 spiro atoms. The van der Waals surface area contributed by atoms with Gasteiger partial charge in [-0.25, -0.2) is 14.6 Å². The van der Waals surface area contributed by atoms with Gasteiger partial charge in [0.25, 0.3) is 5.91 Å². The van der Waals surface area contributed by atoms with Gasteiger partial charge in [0.2, 0.25) is 0 Å². The zero-order valence-corrected chi connectivity index (χ0v) is 17.4. The summed E-state index contributed by atoms with van der Waals surface area (Å²) in [4.78, 5) is 40.4. The van der Waals surface area contributed by atoms with Gasteiger partial charge in [-0.05, 0) is 52.3 Å². The molecule has 1 aromatic heterocycles. The zero-order chi connectivity index (χ0) is 21.5. The van der Waals surface area contributed by atoms with Crippen LogP contribution >= 0.6 is 0 Å². The maximum absolute atomic E-state index is 12.3. The van der Waals surface area contributed by atoms with Gasteiger partial charge in [-0.1, -0.05) is 0 Å². The molecule has 0 saturated carbocycles. The maximum atomic E-state index is 12.3. The first-order chi connectivity index (χ1) is 12.9. The molecule has 0 bridgehead atoms. The summed E-state index contributed by atoms with van der Waals surface area (Å²) in [5.74, 6) is -0.788. The first-order valence-corrected chi connectivity index (χ1v) is 8.77. The van der Waals surface area contributed by atoms with Crippen molar-refractivity contribution >= 4 is 23.8 Å². The molecule has 156 valence electrons. The van der Waals surface area contributed by atoms with Crippen LogP contribution in [0, 0.1) is 0 Å². The summed E-state index contributed by atoms with van der Waals surface area (Å²) in [5, 5.41) is 5.16. The first kappa shape index (κ1) is 23.4. The smallest absolute Gasteiger partial charge is 0.413 e. The van der Waals surface area contributed by atoms with E-state index in [4.69, 9.17) is 14.2 Å². The van der Waals surface area contributed by atoms with E-state index < -0.39 is 35.2 Å². The summed E-state index contributed by atoms with van der Waals surface area (Å²) in [7, 11) is 2.65. The molecule has 2 amide bonds. The molecule has 0 radical (unpaired) electrons. The van der Waals surface area contributed by atoms with Crippen molar-refractivity contribution in [1.82, 2.24) is 10.3 Å². The first-order valence-electron chi connectivity index (χ1n) is 8.77. The lowest BCUT2D eigenvalue weighted by atomic mass is 10.0. The molecule has 9 nitrogen and oxygen atoms in total. The Bertz CT molecular complexity index is 712. The second-order valence-corrected chi connectivity index (χ2v) is 7.64. The molecular formula is C19H29N3O6. The second kappa shape index (κ2) is 9.50. The quantitative estimate of drug-likeness (QED) is 0.679. The summed E-state index contributed by atoms with van der Waals surface area (Å²) in [5.41, 5.74) is -1.09. The monoisotopic (exact) mass is 395 g/mol. The van der Waals surface area contributed by atoms with Crippen molar-refractivity contribution < 1.29 is 28.6 Å². The highest BCUT2D eigenvalue weighted by atomic mass is 16.6. The van der Waals surface area contributed by atoms with Crippen LogP contribution in [0.4, 0.5) is 10.6 Å². The van der Waals surface area contributed by atoms with Gasteiger partial charge in [-0.2, -0.15) is 0 Å². The van der Waals surface area contributed by atoms with Crippen molar-refractivity contribution in [1.29, 1.82) is 0 Å². The number of aromatic nitrogens is 1. The summed E-state index contributed by atoms with van der Waals surface area (Å²) < 4.78 is 15.1. The molecule has 1 heterocycles. The van der Waals surface area contributed by atoms with Crippen LogP contribution in [0.2, 0.25) is 0 Å². The molecule has 0 aliphatic rings. The molecule has 9 heteroatoms. The third kappa shape index (κ3) is 7.51. The molecule has 0 aromatic carbocycles. The van der Waals surface area contributed by atoms with Crippen LogP contribution in [-0.4, -0.2) is 54.4 Å². The van der Waals surface area contributed by atoms with Crippen molar-refractivity contribution in [2.75, 3.05) is 19.5 Å². The lowest BCUT2D eigenvalue weighted by Crippen LogP contribution is -2.51. The molecule has 0 aliphatic carbocycles. The van der Waals surface area contributed by atoms with Gasteiger partial charge in [-0.15, -0.1) is 0 Å². The molecular weight excluding hydrogens is 366 g/mol. The molecule has 0 aliphatic heterocycles. The van der Waals surface area contributed by atoms with E-state index in [-0.39, 0.29) is 12.2 Å². The number of methoxy groups -OCH3 is 2. The number of pyridine rings is 1. The molecule has 1 atom stereocenters. The number of hydrogen-bond donors (Lipinski definition) is 2. The van der Waals surface area contributed by atoms with Gasteiger partial charge >= 0.3 is 12.1 Å². The molecule has 0 fully saturated rings. The number of rotatable bonds is 7. The standard InChI is InChI=1S/C19H29N3O6/c1-18(2,3)28-17(25)22-14-11-12(8-9-20-14)10-13(15(23)26-6)21-16(24)19(4,5)27-7/h8-9,11,13H,10H2,1-7H3,(H,21,24)(H,20,22,25). The van der Waals surface area contributed by atoms with E-state index in [1.807, 2.05) is 0 Å². The number of amides is 2. The SMILES string of the molecule is COC(=O)C(Cc1ccnc(NC(=O)OC(C)(C)C)c1)NC(=O)C(C)(C)OC. The van der Waals surface area contributed by atoms with Gasteiger partial charge in [-0.3, -0.25) is 10.1 Å². The summed E-state index contributed by atoms with van der Waals surface area (Å²) in [6.45, 7) is 8.43. The highest BCUT2D eigenvalue weighted by molar-refractivity contribution is 5.89. The number of carbonyl (C=O) groups excluding carboxylic acids is 3. The Hall–Kier alpha value is -2.68. The predicted octanol–water partition coefficient (Wildman–Crippen LogP) is 2.05. The van der Waals surface area contributed by atoms with E-state index in [0.717, 1.165) is 0 Å². The number of carbonyl (C=O) groups is 3. The third-order valence-corrected chi connectivity index (χ3v) is 3.74. The van der Waals surface area contributed by atoms with Crippen LogP contribution < -0.4 is 10.6 Å². The van der Waals surface area contributed by atoms with Crippen LogP contribution in [-0.2, 0) is 30.2 Å². The molecule has 1 rings (SSSR count). The van der Waals surface area contributed by atoms with Crippen molar-refractivity contribution in [3.63, 3.8) is 0 Å². The highest BCUT2D eigenvalue weighted by Gasteiger charge is 2.31. The minimum absolute atomic E-state index is 0.143. The van der Waals surface area contributed by atoms with Crippen molar-refractivity contribution in [3.05, 3.63) is 23.9 Å². The lowest BCUT2D eigenvalue weighted by molar-refractivity contribution is -0.149. The topological polar surface area (TPSA) is 116 Å². The van der Waals surface area contributed by atoms with E-state index >= 15 is 0 Å². The Balaban J connectivity index is 2.91. The van der Waals surface area contributed by atoms with Crippen LogP contribution in [0.5, 0.6) is 0 Å². The number of hydrogen-bond acceptors (Lipinski definition) is 7. The van der Waals surface area contributed by atoms with Gasteiger partial charge in [0, 0.05) is 19.7 Å². The van der Waals surface area contributed by atoms with Crippen LogP contribution in [0.3, 0.4) is 0 Å². The minimum atomic E-state index is -1.10. The number of ether oxygens (including phenoxy) is 3. The van der Waals surface area contributed by atoms with Crippen molar-refractivity contribution in [2.45, 2.75) is 58.3 Å². The summed E-state index contributed by atoms with van der Waals surface area (Å²) in [6.07, 6.45) is 0.984. The molecule has 0 saturated heterocycles. The Labute approximate surface area is 165 Å². The summed E-state index contributed by atoms with van der Waals surface area (Å²) in [6, 6.07) is 2.33. The molecule has 28 heavy (non-hydrogen) atoms. The fourth-order valence-electron chi connectivity index (χ4n) is 2.07. The van der Waals surface area contributed by atoms with E-state index in [9.17, 15) is 14.4 Å². The normalized spacial score (nSPS) is 12.7. The largest absolute Gasteiger partial charge is 0.467 e. The van der Waals surface area contributed by atoms with E-state index in [1.165, 1.54) is 20.4 Å². The second-order valence-electron chi connectivity index (χ2n) is 7.64. The van der Waals surface area contributed by atoms with Gasteiger partial charge in [0.05, 0.1) is 7.11 Å². The molecule has 1 unspecified atom stereocenters. The van der Waals surface area contributed by atoms with Gasteiger partial charge < -0.3 is 19.5 Å². The minimum Gasteiger partial charge on any atom is -0.467 e. The third-order valence-electron chi connectivity index (χ3n) is 3.74. The predicted molar refractivity (Wildman–Crippen MR) is 103 cm³/mol. The lowest BCUT2D eigenvalue weighted by Gasteiger charge is -2.25. The van der Waals surface area contributed by atoms with Crippen LogP contribution in [0.1, 0.15) is 40.2 Å². The summed E-state index contributed by atoms with van der Waals surface area (Å²) >= 11 is 0. The van der Waals surface area contributed by atoms with Crippen molar-refractivity contribution in [3.8, 4) is 0 Å². The number of esters is 1. The van der Waals surface area contributed by atoms with Crippen molar-refractivity contribution in [2.24, 2.45) is 0 Å². The van der Waals surface area contributed by atoms with Crippen LogP contribution in [0.25, 0.3) is 0 Å². The molecule has 2 N–H and O–H groups in total. The van der Waals surface area contributed by atoms with E-state index in [2.05, 4.69) is 15.6 Å².